The van der Waals surface area contributed by atoms with Crippen LogP contribution in [0, 0.1) is 5.92 Å². The molecule has 0 saturated heterocycles. The molecule has 2 aromatic heterocycles. The van der Waals surface area contributed by atoms with Gasteiger partial charge in [-0.2, -0.15) is 4.98 Å². The third-order valence-corrected chi connectivity index (χ3v) is 2.57. The summed E-state index contributed by atoms with van der Waals surface area (Å²) in [6, 6.07) is 0. The molecule has 0 fully saturated rings. The number of aliphatic hydroxyl groups excluding tert-OH is 1. The van der Waals surface area contributed by atoms with Crippen LogP contribution in [0.15, 0.2) is 6.33 Å². The Balaban J connectivity index is 2.23. The summed E-state index contributed by atoms with van der Waals surface area (Å²) in [5.41, 5.74) is 7.86. The summed E-state index contributed by atoms with van der Waals surface area (Å²) in [5.74, 6) is 0.622. The number of aromatic nitrogens is 4. The molecule has 0 aliphatic rings. The molecule has 2 rings (SSSR count). The topological polar surface area (TPSA) is 101 Å². The average molecular weight is 221 g/mol. The van der Waals surface area contributed by atoms with Crippen LogP contribution < -0.4 is 5.73 Å². The Kier molecular flexibility index (Phi) is 3.00. The maximum absolute atomic E-state index is 8.96. The molecule has 2 aromatic rings. The minimum atomic E-state index is 0.194. The fraction of sp³-hybridized carbons (Fsp3) is 0.500. The minimum Gasteiger partial charge on any atom is -0.396 e. The Morgan fingerprint density at radius 2 is 2.31 bits per heavy atom. The molecule has 2 heterocycles. The average Bonchev–Trinajstić information content (AvgIpc) is 2.66. The van der Waals surface area contributed by atoms with Crippen LogP contribution in [-0.4, -0.2) is 31.6 Å². The van der Waals surface area contributed by atoms with E-state index in [0.717, 1.165) is 24.1 Å². The van der Waals surface area contributed by atoms with Crippen LogP contribution in [-0.2, 0) is 6.42 Å². The van der Waals surface area contributed by atoms with E-state index in [0.29, 0.717) is 11.6 Å². The van der Waals surface area contributed by atoms with E-state index in [2.05, 4.69) is 19.9 Å². The van der Waals surface area contributed by atoms with Crippen molar-refractivity contribution in [2.75, 3.05) is 12.3 Å². The number of aryl methyl sites for hydroxylation is 1. The molecule has 6 heteroatoms. The zero-order chi connectivity index (χ0) is 11.5. The van der Waals surface area contributed by atoms with E-state index in [1.807, 2.05) is 6.92 Å². The Morgan fingerprint density at radius 3 is 3.06 bits per heavy atom. The first-order valence-corrected chi connectivity index (χ1v) is 5.26. The summed E-state index contributed by atoms with van der Waals surface area (Å²) in [4.78, 5) is 15.2. The summed E-state index contributed by atoms with van der Waals surface area (Å²) in [7, 11) is 0. The van der Waals surface area contributed by atoms with Crippen molar-refractivity contribution >= 4 is 17.1 Å². The molecule has 0 amide bonds. The first-order valence-electron chi connectivity index (χ1n) is 5.26. The van der Waals surface area contributed by atoms with Crippen molar-refractivity contribution in [3.05, 3.63) is 12.0 Å². The van der Waals surface area contributed by atoms with Crippen LogP contribution in [0.25, 0.3) is 11.2 Å². The second-order valence-electron chi connectivity index (χ2n) is 3.97. The van der Waals surface area contributed by atoms with Crippen LogP contribution >= 0.6 is 0 Å². The van der Waals surface area contributed by atoms with E-state index in [9.17, 15) is 0 Å². The normalized spacial score (nSPS) is 13.1. The quantitative estimate of drug-likeness (QED) is 0.697. The van der Waals surface area contributed by atoms with Gasteiger partial charge in [-0.05, 0) is 18.8 Å². The smallest absolute Gasteiger partial charge is 0.200 e. The van der Waals surface area contributed by atoms with Crippen molar-refractivity contribution in [1.29, 1.82) is 0 Å². The van der Waals surface area contributed by atoms with Crippen molar-refractivity contribution in [3.8, 4) is 0 Å². The van der Waals surface area contributed by atoms with Gasteiger partial charge in [0.05, 0.1) is 5.69 Å². The van der Waals surface area contributed by atoms with Crippen LogP contribution in [0.3, 0.4) is 0 Å². The SMILES string of the molecule is CC(CO)CCc1ncnc2nc(N)[nH]c12. The number of fused-ring (bicyclic) bond motifs is 1. The van der Waals surface area contributed by atoms with Gasteiger partial charge in [-0.25, -0.2) is 9.97 Å². The molecule has 4 N–H and O–H groups in total. The summed E-state index contributed by atoms with van der Waals surface area (Å²) in [6.07, 6.45) is 3.14. The molecule has 16 heavy (non-hydrogen) atoms. The Hall–Kier alpha value is -1.69. The van der Waals surface area contributed by atoms with Crippen LogP contribution in [0.1, 0.15) is 19.0 Å². The highest BCUT2D eigenvalue weighted by Crippen LogP contribution is 2.16. The highest BCUT2D eigenvalue weighted by molar-refractivity contribution is 5.74. The number of nitrogens with two attached hydrogens (primary N) is 1. The van der Waals surface area contributed by atoms with Gasteiger partial charge in [-0.1, -0.05) is 6.92 Å². The van der Waals surface area contributed by atoms with Crippen molar-refractivity contribution in [3.63, 3.8) is 0 Å². The summed E-state index contributed by atoms with van der Waals surface area (Å²) in [5, 5.41) is 8.96. The molecular formula is C10H15N5O. The summed E-state index contributed by atoms with van der Waals surface area (Å²) < 4.78 is 0. The first-order chi connectivity index (χ1) is 7.70. The summed E-state index contributed by atoms with van der Waals surface area (Å²) in [6.45, 7) is 2.19. The van der Waals surface area contributed by atoms with Crippen molar-refractivity contribution < 1.29 is 5.11 Å². The van der Waals surface area contributed by atoms with Gasteiger partial charge in [-0.15, -0.1) is 0 Å². The maximum atomic E-state index is 8.96. The number of aliphatic hydroxyl groups is 1. The lowest BCUT2D eigenvalue weighted by Crippen LogP contribution is -2.03. The number of nitrogens with one attached hydrogen (secondary N) is 1. The fourth-order valence-corrected chi connectivity index (χ4v) is 1.56. The third-order valence-electron chi connectivity index (χ3n) is 2.57. The van der Waals surface area contributed by atoms with E-state index in [1.165, 1.54) is 6.33 Å². The van der Waals surface area contributed by atoms with Gasteiger partial charge in [0.2, 0.25) is 0 Å². The number of imidazole rings is 1. The second kappa shape index (κ2) is 4.44. The molecule has 1 unspecified atom stereocenters. The number of H-pyrrole nitrogens is 1. The molecule has 0 saturated carbocycles. The van der Waals surface area contributed by atoms with Gasteiger partial charge in [0.15, 0.2) is 11.6 Å². The lowest BCUT2D eigenvalue weighted by atomic mass is 10.0. The van der Waals surface area contributed by atoms with E-state index < -0.39 is 0 Å². The number of anilines is 1. The Morgan fingerprint density at radius 1 is 1.50 bits per heavy atom. The van der Waals surface area contributed by atoms with Crippen molar-refractivity contribution in [1.82, 2.24) is 19.9 Å². The van der Waals surface area contributed by atoms with Crippen molar-refractivity contribution in [2.45, 2.75) is 19.8 Å². The summed E-state index contributed by atoms with van der Waals surface area (Å²) >= 11 is 0. The van der Waals surface area contributed by atoms with Gasteiger partial charge in [-0.3, -0.25) is 0 Å². The zero-order valence-corrected chi connectivity index (χ0v) is 9.14. The van der Waals surface area contributed by atoms with Gasteiger partial charge in [0.25, 0.3) is 0 Å². The van der Waals surface area contributed by atoms with Crippen LogP contribution in [0.4, 0.5) is 5.95 Å². The predicted octanol–water partition coefficient (Wildman–Crippen LogP) is 0.496. The number of nitrogens with zero attached hydrogens (tertiary/aromatic N) is 3. The molecule has 0 aromatic carbocycles. The number of aromatic amines is 1. The van der Waals surface area contributed by atoms with Gasteiger partial charge in [0.1, 0.15) is 11.8 Å². The van der Waals surface area contributed by atoms with E-state index >= 15 is 0 Å². The van der Waals surface area contributed by atoms with Crippen LogP contribution in [0.5, 0.6) is 0 Å². The van der Waals surface area contributed by atoms with Crippen LogP contribution in [0.2, 0.25) is 0 Å². The van der Waals surface area contributed by atoms with Gasteiger partial charge in [0, 0.05) is 6.61 Å². The molecule has 0 spiro atoms. The molecule has 6 nitrogen and oxygen atoms in total. The molecule has 0 bridgehead atoms. The fourth-order valence-electron chi connectivity index (χ4n) is 1.56. The Bertz CT molecular complexity index is 481. The lowest BCUT2D eigenvalue weighted by molar-refractivity contribution is 0.230. The highest BCUT2D eigenvalue weighted by atomic mass is 16.3. The van der Waals surface area contributed by atoms with E-state index in [-0.39, 0.29) is 12.5 Å². The monoisotopic (exact) mass is 221 g/mol. The highest BCUT2D eigenvalue weighted by Gasteiger charge is 2.09. The molecule has 1 atom stereocenters. The van der Waals surface area contributed by atoms with Crippen molar-refractivity contribution in [2.24, 2.45) is 5.92 Å². The molecule has 0 aliphatic carbocycles. The lowest BCUT2D eigenvalue weighted by Gasteiger charge is -2.06. The van der Waals surface area contributed by atoms with Gasteiger partial charge < -0.3 is 15.8 Å². The molecule has 86 valence electrons. The number of hydrogen-bond donors (Lipinski definition) is 3. The number of rotatable bonds is 4. The number of nitrogen functional groups attached to an aromatic ring is 1. The molecule has 0 aliphatic heterocycles. The standard InChI is InChI=1S/C10H15N5O/c1-6(4-16)2-3-7-8-9(13-5-12-7)15-10(11)14-8/h5-6,16H,2-4H2,1H3,(H3,11,12,13,14,15). The van der Waals surface area contributed by atoms with Gasteiger partial charge >= 0.3 is 0 Å². The predicted molar refractivity (Wildman–Crippen MR) is 60.7 cm³/mol. The first kappa shape index (κ1) is 10.8. The largest absolute Gasteiger partial charge is 0.396 e. The number of hydrogen-bond acceptors (Lipinski definition) is 5. The van der Waals surface area contributed by atoms with E-state index in [1.54, 1.807) is 0 Å². The van der Waals surface area contributed by atoms with E-state index in [4.69, 9.17) is 10.8 Å². The molecule has 0 radical (unpaired) electrons. The third kappa shape index (κ3) is 2.11. The minimum absolute atomic E-state index is 0.194. The zero-order valence-electron chi connectivity index (χ0n) is 9.14. The Labute approximate surface area is 92.9 Å². The maximum Gasteiger partial charge on any atom is 0.200 e. The second-order valence-corrected chi connectivity index (χ2v) is 3.97. The molecular weight excluding hydrogens is 206 g/mol.